The van der Waals surface area contributed by atoms with Crippen LogP contribution < -0.4 is 14.8 Å². The molecule has 1 aromatic carbocycles. The predicted molar refractivity (Wildman–Crippen MR) is 102 cm³/mol. The molecule has 1 aliphatic rings. The zero-order chi connectivity index (χ0) is 20.0. The van der Waals surface area contributed by atoms with Crippen LogP contribution in [0.4, 0.5) is 4.79 Å². The van der Waals surface area contributed by atoms with E-state index >= 15 is 0 Å². The van der Waals surface area contributed by atoms with E-state index in [1.807, 2.05) is 39.0 Å². The Morgan fingerprint density at radius 1 is 1.19 bits per heavy atom. The van der Waals surface area contributed by atoms with Crippen LogP contribution >= 0.6 is 0 Å². The average Bonchev–Trinajstić information content (AvgIpc) is 3.10. The molecule has 0 saturated carbocycles. The number of rotatable bonds is 6. The van der Waals surface area contributed by atoms with Crippen molar-refractivity contribution in [2.75, 3.05) is 27.3 Å². The van der Waals surface area contributed by atoms with E-state index < -0.39 is 17.7 Å². The molecule has 1 atom stereocenters. The Bertz CT molecular complexity index is 669. The fraction of sp³-hybridized carbons (Fsp3) is 0.600. The van der Waals surface area contributed by atoms with E-state index in [1.54, 1.807) is 14.2 Å². The van der Waals surface area contributed by atoms with Crippen LogP contribution in [0.3, 0.4) is 0 Å². The maximum absolute atomic E-state index is 12.5. The van der Waals surface area contributed by atoms with Gasteiger partial charge >= 0.3 is 6.09 Å². The molecule has 1 heterocycles. The Morgan fingerprint density at radius 2 is 1.89 bits per heavy atom. The van der Waals surface area contributed by atoms with Crippen molar-refractivity contribution in [1.29, 1.82) is 0 Å². The number of benzene rings is 1. The van der Waals surface area contributed by atoms with Crippen molar-refractivity contribution in [3.63, 3.8) is 0 Å². The third-order valence-corrected chi connectivity index (χ3v) is 4.34. The molecule has 2 rings (SSSR count). The number of ether oxygens (including phenoxy) is 3. The highest BCUT2D eigenvalue weighted by molar-refractivity contribution is 5.86. The lowest BCUT2D eigenvalue weighted by Crippen LogP contribution is -2.47. The Balaban J connectivity index is 1.88. The summed E-state index contributed by atoms with van der Waals surface area (Å²) in [7, 11) is 3.19. The third kappa shape index (κ3) is 5.77. The van der Waals surface area contributed by atoms with Gasteiger partial charge in [0.1, 0.15) is 11.6 Å². The molecule has 150 valence electrons. The summed E-state index contributed by atoms with van der Waals surface area (Å²) in [4.78, 5) is 26.4. The number of hydrogen-bond donors (Lipinski definition) is 1. The number of nitrogens with one attached hydrogen (secondary N) is 1. The molecule has 0 aromatic heterocycles. The molecular formula is C20H30N2O5. The van der Waals surface area contributed by atoms with Crippen LogP contribution in [0.15, 0.2) is 18.2 Å². The second kappa shape index (κ2) is 8.97. The molecule has 0 spiro atoms. The smallest absolute Gasteiger partial charge is 0.410 e. The number of carbonyl (C=O) groups excluding carboxylic acids is 2. The fourth-order valence-electron chi connectivity index (χ4n) is 3.06. The van der Waals surface area contributed by atoms with Gasteiger partial charge in [-0.2, -0.15) is 0 Å². The van der Waals surface area contributed by atoms with Gasteiger partial charge in [-0.15, -0.1) is 0 Å². The minimum Gasteiger partial charge on any atom is -0.493 e. The second-order valence-electron chi connectivity index (χ2n) is 7.56. The topological polar surface area (TPSA) is 77.1 Å². The largest absolute Gasteiger partial charge is 0.493 e. The van der Waals surface area contributed by atoms with Gasteiger partial charge in [-0.05, 0) is 57.7 Å². The number of carbonyl (C=O) groups is 2. The van der Waals surface area contributed by atoms with Crippen molar-refractivity contribution in [3.05, 3.63) is 23.8 Å². The molecular weight excluding hydrogens is 348 g/mol. The van der Waals surface area contributed by atoms with Gasteiger partial charge < -0.3 is 19.5 Å². The summed E-state index contributed by atoms with van der Waals surface area (Å²) in [6.45, 7) is 6.48. The summed E-state index contributed by atoms with van der Waals surface area (Å²) in [5.41, 5.74) is 0.456. The van der Waals surface area contributed by atoms with Crippen molar-refractivity contribution in [2.45, 2.75) is 51.7 Å². The van der Waals surface area contributed by atoms with Gasteiger partial charge in [0.15, 0.2) is 11.5 Å². The minimum absolute atomic E-state index is 0.140. The van der Waals surface area contributed by atoms with Gasteiger partial charge in [-0.25, -0.2) is 4.79 Å². The number of hydrogen-bond acceptors (Lipinski definition) is 5. The van der Waals surface area contributed by atoms with E-state index in [2.05, 4.69) is 5.32 Å². The van der Waals surface area contributed by atoms with Crippen molar-refractivity contribution < 1.29 is 23.8 Å². The molecule has 7 nitrogen and oxygen atoms in total. The average molecular weight is 378 g/mol. The van der Waals surface area contributed by atoms with Crippen LogP contribution in [0.1, 0.15) is 39.2 Å². The maximum Gasteiger partial charge on any atom is 0.410 e. The Kier molecular flexibility index (Phi) is 6.93. The highest BCUT2D eigenvalue weighted by Crippen LogP contribution is 2.27. The van der Waals surface area contributed by atoms with Crippen LogP contribution in [0.2, 0.25) is 0 Å². The molecule has 0 aliphatic carbocycles. The molecule has 27 heavy (non-hydrogen) atoms. The quantitative estimate of drug-likeness (QED) is 0.824. The molecule has 1 unspecified atom stereocenters. The normalized spacial score (nSPS) is 16.8. The van der Waals surface area contributed by atoms with Gasteiger partial charge in [0.05, 0.1) is 14.2 Å². The SMILES string of the molecule is COc1ccc(CCNC(=O)C2CCCN2C(=O)OC(C)(C)C)cc1OC. The Hall–Kier alpha value is -2.44. The highest BCUT2D eigenvalue weighted by atomic mass is 16.6. The van der Waals surface area contributed by atoms with E-state index in [0.717, 1.165) is 12.0 Å². The number of amides is 2. The Morgan fingerprint density at radius 3 is 2.52 bits per heavy atom. The minimum atomic E-state index is -0.575. The van der Waals surface area contributed by atoms with Crippen molar-refractivity contribution in [1.82, 2.24) is 10.2 Å². The van der Waals surface area contributed by atoms with E-state index in [-0.39, 0.29) is 5.91 Å². The fourth-order valence-corrected chi connectivity index (χ4v) is 3.06. The summed E-state index contributed by atoms with van der Waals surface area (Å²) in [5.74, 6) is 1.19. The summed E-state index contributed by atoms with van der Waals surface area (Å²) in [6, 6.07) is 5.21. The first-order valence-electron chi connectivity index (χ1n) is 9.23. The second-order valence-corrected chi connectivity index (χ2v) is 7.56. The molecule has 1 saturated heterocycles. The molecule has 1 aliphatic heterocycles. The van der Waals surface area contributed by atoms with Crippen LogP contribution in [-0.4, -0.2) is 55.9 Å². The summed E-state index contributed by atoms with van der Waals surface area (Å²) >= 11 is 0. The van der Waals surface area contributed by atoms with Gasteiger partial charge in [0.25, 0.3) is 0 Å². The van der Waals surface area contributed by atoms with Crippen LogP contribution in [0.5, 0.6) is 11.5 Å². The lowest BCUT2D eigenvalue weighted by molar-refractivity contribution is -0.125. The molecule has 0 bridgehead atoms. The monoisotopic (exact) mass is 378 g/mol. The predicted octanol–water partition coefficient (Wildman–Crippen LogP) is 2.76. The maximum atomic E-state index is 12.5. The highest BCUT2D eigenvalue weighted by Gasteiger charge is 2.36. The first-order chi connectivity index (χ1) is 12.7. The van der Waals surface area contributed by atoms with E-state index in [1.165, 1.54) is 4.90 Å². The zero-order valence-electron chi connectivity index (χ0n) is 16.8. The number of methoxy groups -OCH3 is 2. The van der Waals surface area contributed by atoms with Crippen molar-refractivity contribution in [3.8, 4) is 11.5 Å². The van der Waals surface area contributed by atoms with Crippen molar-refractivity contribution >= 4 is 12.0 Å². The zero-order valence-corrected chi connectivity index (χ0v) is 16.8. The molecule has 0 radical (unpaired) electrons. The van der Waals surface area contributed by atoms with Gasteiger partial charge in [0, 0.05) is 13.1 Å². The van der Waals surface area contributed by atoms with E-state index in [4.69, 9.17) is 14.2 Å². The lowest BCUT2D eigenvalue weighted by Gasteiger charge is -2.28. The number of nitrogens with zero attached hydrogens (tertiary/aromatic N) is 1. The molecule has 1 N–H and O–H groups in total. The van der Waals surface area contributed by atoms with Crippen molar-refractivity contribution in [2.24, 2.45) is 0 Å². The van der Waals surface area contributed by atoms with Crippen LogP contribution in [-0.2, 0) is 16.0 Å². The lowest BCUT2D eigenvalue weighted by atomic mass is 10.1. The summed E-state index contributed by atoms with van der Waals surface area (Å²) in [5, 5.41) is 2.93. The molecule has 7 heteroatoms. The standard InChI is InChI=1S/C20H30N2O5/c1-20(2,3)27-19(24)22-12-6-7-15(22)18(23)21-11-10-14-8-9-16(25-4)17(13-14)26-5/h8-9,13,15H,6-7,10-12H2,1-5H3,(H,21,23). The third-order valence-electron chi connectivity index (χ3n) is 4.34. The van der Waals surface area contributed by atoms with E-state index in [9.17, 15) is 9.59 Å². The van der Waals surface area contributed by atoms with Gasteiger partial charge in [0.2, 0.25) is 5.91 Å². The van der Waals surface area contributed by atoms with E-state index in [0.29, 0.717) is 37.4 Å². The molecule has 2 amide bonds. The van der Waals surface area contributed by atoms with Crippen LogP contribution in [0, 0.1) is 0 Å². The molecule has 1 aromatic rings. The van der Waals surface area contributed by atoms with Gasteiger partial charge in [-0.1, -0.05) is 6.07 Å². The summed E-state index contributed by atoms with van der Waals surface area (Å²) in [6.07, 6.45) is 1.68. The molecule has 1 fully saturated rings. The summed E-state index contributed by atoms with van der Waals surface area (Å²) < 4.78 is 15.9. The van der Waals surface area contributed by atoms with Gasteiger partial charge in [-0.3, -0.25) is 9.69 Å². The Labute approximate surface area is 161 Å². The number of likely N-dealkylation sites (tertiary alicyclic amines) is 1. The first kappa shape index (κ1) is 20.9. The first-order valence-corrected chi connectivity index (χ1v) is 9.23. The van der Waals surface area contributed by atoms with Crippen LogP contribution in [0.25, 0.3) is 0 Å².